The molecule has 0 radical (unpaired) electrons. The summed E-state index contributed by atoms with van der Waals surface area (Å²) in [7, 11) is -3.69. The topological polar surface area (TPSA) is 79.3 Å². The highest BCUT2D eigenvalue weighted by Gasteiger charge is 2.17. The zero-order chi connectivity index (χ0) is 14.6. The summed E-state index contributed by atoms with van der Waals surface area (Å²) in [6.45, 7) is -0.0984. The Kier molecular flexibility index (Phi) is 4.87. The van der Waals surface area contributed by atoms with Crippen LogP contribution in [0.4, 0.5) is 0 Å². The summed E-state index contributed by atoms with van der Waals surface area (Å²) >= 11 is 3.17. The van der Waals surface area contributed by atoms with Gasteiger partial charge >= 0.3 is 0 Å². The van der Waals surface area contributed by atoms with E-state index in [2.05, 4.69) is 25.6 Å². The van der Waals surface area contributed by atoms with Gasteiger partial charge in [0.15, 0.2) is 0 Å². The highest BCUT2D eigenvalue weighted by Crippen LogP contribution is 2.15. The summed E-state index contributed by atoms with van der Waals surface area (Å²) in [5, 5.41) is 9.93. The molecule has 2 rings (SSSR count). The van der Waals surface area contributed by atoms with Gasteiger partial charge in [0.1, 0.15) is 4.90 Å². The second-order valence-electron chi connectivity index (χ2n) is 4.12. The first-order chi connectivity index (χ1) is 9.49. The number of nitrogens with zero attached hydrogens (tertiary/aromatic N) is 1. The van der Waals surface area contributed by atoms with Gasteiger partial charge in [-0.2, -0.15) is 0 Å². The molecule has 0 saturated carbocycles. The van der Waals surface area contributed by atoms with Crippen molar-refractivity contribution in [2.45, 2.75) is 11.0 Å². The van der Waals surface area contributed by atoms with Gasteiger partial charge in [-0.15, -0.1) is 0 Å². The van der Waals surface area contributed by atoms with Gasteiger partial charge in [0, 0.05) is 23.4 Å². The molecule has 0 aliphatic carbocycles. The van der Waals surface area contributed by atoms with Crippen molar-refractivity contribution in [3.63, 3.8) is 0 Å². The lowest BCUT2D eigenvalue weighted by Gasteiger charge is -2.12. The van der Waals surface area contributed by atoms with Crippen LogP contribution < -0.4 is 4.72 Å². The van der Waals surface area contributed by atoms with Gasteiger partial charge in [-0.05, 0) is 27.6 Å². The molecule has 2 aromatic rings. The summed E-state index contributed by atoms with van der Waals surface area (Å²) in [4.78, 5) is 3.86. The fourth-order valence-corrected chi connectivity index (χ4v) is 3.15. The van der Waals surface area contributed by atoms with Crippen molar-refractivity contribution in [3.05, 3.63) is 58.8 Å². The molecule has 0 aliphatic heterocycles. The third-order valence-electron chi connectivity index (χ3n) is 2.64. The molecule has 0 spiro atoms. The van der Waals surface area contributed by atoms with Crippen molar-refractivity contribution in [1.29, 1.82) is 0 Å². The molecule has 1 atom stereocenters. The van der Waals surface area contributed by atoms with E-state index in [9.17, 15) is 13.5 Å². The van der Waals surface area contributed by atoms with E-state index in [0.717, 1.165) is 0 Å². The Morgan fingerprint density at radius 1 is 1.25 bits per heavy atom. The van der Waals surface area contributed by atoms with Crippen LogP contribution in [0.3, 0.4) is 0 Å². The van der Waals surface area contributed by atoms with Crippen LogP contribution >= 0.6 is 15.9 Å². The number of halogens is 1. The molecule has 1 heterocycles. The second-order valence-corrected chi connectivity index (χ2v) is 6.80. The highest BCUT2D eigenvalue weighted by atomic mass is 79.9. The van der Waals surface area contributed by atoms with Crippen LogP contribution in [0, 0.1) is 0 Å². The van der Waals surface area contributed by atoms with Crippen LogP contribution in [-0.4, -0.2) is 25.1 Å². The molecule has 0 fully saturated rings. The van der Waals surface area contributed by atoms with Gasteiger partial charge in [0.05, 0.1) is 6.10 Å². The molecular formula is C13H13BrN2O3S. The first-order valence-electron chi connectivity index (χ1n) is 5.82. The molecule has 0 saturated heterocycles. The number of nitrogens with one attached hydrogen (secondary N) is 1. The predicted molar refractivity (Wildman–Crippen MR) is 78.5 cm³/mol. The van der Waals surface area contributed by atoms with Crippen molar-refractivity contribution < 1.29 is 13.5 Å². The second kappa shape index (κ2) is 6.45. The molecule has 1 aromatic heterocycles. The molecule has 0 amide bonds. The van der Waals surface area contributed by atoms with E-state index in [0.29, 0.717) is 10.0 Å². The number of aliphatic hydroxyl groups excluding tert-OH is 1. The van der Waals surface area contributed by atoms with Crippen molar-refractivity contribution in [3.8, 4) is 0 Å². The van der Waals surface area contributed by atoms with Crippen LogP contribution in [0.2, 0.25) is 0 Å². The van der Waals surface area contributed by atoms with Crippen molar-refractivity contribution >= 4 is 26.0 Å². The zero-order valence-corrected chi connectivity index (χ0v) is 12.8. The van der Waals surface area contributed by atoms with Crippen molar-refractivity contribution in [2.24, 2.45) is 0 Å². The number of aromatic nitrogens is 1. The first-order valence-corrected chi connectivity index (χ1v) is 8.10. The Hall–Kier alpha value is -1.28. The van der Waals surface area contributed by atoms with E-state index < -0.39 is 16.1 Å². The molecule has 1 aromatic carbocycles. The third-order valence-corrected chi connectivity index (χ3v) is 4.47. The summed E-state index contributed by atoms with van der Waals surface area (Å²) in [6, 6.07) is 10.3. The minimum atomic E-state index is -3.69. The fraction of sp³-hybridized carbons (Fsp3) is 0.154. The Labute approximate surface area is 125 Å². The maximum atomic E-state index is 12.0. The Bertz CT molecular complexity index is 677. The summed E-state index contributed by atoms with van der Waals surface area (Å²) < 4.78 is 27.0. The lowest BCUT2D eigenvalue weighted by molar-refractivity contribution is 0.182. The molecular weight excluding hydrogens is 344 g/mol. The molecule has 1 unspecified atom stereocenters. The molecule has 0 bridgehead atoms. The van der Waals surface area contributed by atoms with Gasteiger partial charge in [-0.25, -0.2) is 13.1 Å². The smallest absolute Gasteiger partial charge is 0.242 e. The highest BCUT2D eigenvalue weighted by molar-refractivity contribution is 9.10. The number of pyridine rings is 1. The molecule has 20 heavy (non-hydrogen) atoms. The third kappa shape index (κ3) is 3.86. The number of rotatable bonds is 5. The van der Waals surface area contributed by atoms with Crippen LogP contribution in [0.25, 0.3) is 0 Å². The minimum Gasteiger partial charge on any atom is -0.387 e. The van der Waals surface area contributed by atoms with E-state index in [4.69, 9.17) is 0 Å². The standard InChI is InChI=1S/C13H13BrN2O3S/c14-11-6-12(8-15-7-11)20(18,19)16-9-13(17)10-4-2-1-3-5-10/h1-8,13,16-17H,9H2. The van der Waals surface area contributed by atoms with E-state index in [1.165, 1.54) is 18.5 Å². The number of hydrogen-bond acceptors (Lipinski definition) is 4. The number of aliphatic hydroxyl groups is 1. The van der Waals surface area contributed by atoms with Gasteiger partial charge in [0.2, 0.25) is 10.0 Å². The molecule has 7 heteroatoms. The van der Waals surface area contributed by atoms with Crippen LogP contribution in [0.15, 0.2) is 58.2 Å². The average molecular weight is 357 g/mol. The molecule has 5 nitrogen and oxygen atoms in total. The summed E-state index contributed by atoms with van der Waals surface area (Å²) in [6.07, 6.45) is 1.85. The van der Waals surface area contributed by atoms with E-state index in [1.807, 2.05) is 6.07 Å². The Morgan fingerprint density at radius 3 is 2.60 bits per heavy atom. The average Bonchev–Trinajstić information content (AvgIpc) is 2.46. The molecule has 0 aliphatic rings. The van der Waals surface area contributed by atoms with Crippen LogP contribution in [-0.2, 0) is 10.0 Å². The summed E-state index contributed by atoms with van der Waals surface area (Å²) in [5.74, 6) is 0. The van der Waals surface area contributed by atoms with E-state index in [1.54, 1.807) is 24.3 Å². The number of hydrogen-bond donors (Lipinski definition) is 2. The maximum Gasteiger partial charge on any atom is 0.242 e. The normalized spacial score (nSPS) is 13.1. The largest absolute Gasteiger partial charge is 0.387 e. The van der Waals surface area contributed by atoms with E-state index in [-0.39, 0.29) is 11.4 Å². The van der Waals surface area contributed by atoms with E-state index >= 15 is 0 Å². The van der Waals surface area contributed by atoms with Crippen LogP contribution in [0.5, 0.6) is 0 Å². The Morgan fingerprint density at radius 2 is 1.95 bits per heavy atom. The SMILES string of the molecule is O=S(=O)(NCC(O)c1ccccc1)c1cncc(Br)c1. The monoisotopic (exact) mass is 356 g/mol. The van der Waals surface area contributed by atoms with Gasteiger partial charge < -0.3 is 5.11 Å². The predicted octanol–water partition coefficient (Wildman–Crippen LogP) is 1.86. The fourth-order valence-electron chi connectivity index (χ4n) is 1.60. The lowest BCUT2D eigenvalue weighted by Crippen LogP contribution is -2.28. The first kappa shape index (κ1) is 15.1. The Balaban J connectivity index is 2.07. The summed E-state index contributed by atoms with van der Waals surface area (Å²) in [5.41, 5.74) is 0.655. The van der Waals surface area contributed by atoms with Crippen LogP contribution in [0.1, 0.15) is 11.7 Å². The van der Waals surface area contributed by atoms with Gasteiger partial charge in [0.25, 0.3) is 0 Å². The van der Waals surface area contributed by atoms with Crippen molar-refractivity contribution in [2.75, 3.05) is 6.54 Å². The molecule has 2 N–H and O–H groups in total. The lowest BCUT2D eigenvalue weighted by atomic mass is 10.1. The van der Waals surface area contributed by atoms with Gasteiger partial charge in [-0.3, -0.25) is 4.98 Å². The van der Waals surface area contributed by atoms with Crippen molar-refractivity contribution in [1.82, 2.24) is 9.71 Å². The maximum absolute atomic E-state index is 12.0. The zero-order valence-electron chi connectivity index (χ0n) is 10.4. The molecule has 106 valence electrons. The minimum absolute atomic E-state index is 0.0483. The number of sulfonamides is 1. The quantitative estimate of drug-likeness (QED) is 0.856. The van der Waals surface area contributed by atoms with Gasteiger partial charge in [-0.1, -0.05) is 30.3 Å². The number of benzene rings is 1.